The molecule has 1 saturated heterocycles. The maximum absolute atomic E-state index is 12.6. The Morgan fingerprint density at radius 3 is 2.52 bits per heavy atom. The zero-order valence-electron chi connectivity index (χ0n) is 15.3. The van der Waals surface area contributed by atoms with Gasteiger partial charge in [0, 0.05) is 43.7 Å². The van der Waals surface area contributed by atoms with Crippen molar-refractivity contribution in [2.45, 2.75) is 13.3 Å². The summed E-state index contributed by atoms with van der Waals surface area (Å²) in [6, 6.07) is 16.1. The Morgan fingerprint density at radius 2 is 1.81 bits per heavy atom. The number of aryl methyl sites for hydroxylation is 1. The fraction of sp³-hybridized carbons (Fsp3) is 0.286. The maximum atomic E-state index is 12.6. The summed E-state index contributed by atoms with van der Waals surface area (Å²) >= 11 is 1.56. The van der Waals surface area contributed by atoms with Crippen LogP contribution in [0.2, 0.25) is 0 Å². The fourth-order valence-electron chi connectivity index (χ4n) is 3.27. The first kappa shape index (κ1) is 17.7. The SMILES string of the molecule is Cc1ccc(C(=O)N2CCN(c3ccnc(Cc4ccccc4)n3)CC2)s1. The third-order valence-electron chi connectivity index (χ3n) is 4.74. The summed E-state index contributed by atoms with van der Waals surface area (Å²) in [6.45, 7) is 5.04. The van der Waals surface area contributed by atoms with Gasteiger partial charge in [-0.05, 0) is 30.7 Å². The summed E-state index contributed by atoms with van der Waals surface area (Å²) in [5, 5.41) is 0. The van der Waals surface area contributed by atoms with Gasteiger partial charge < -0.3 is 9.80 Å². The van der Waals surface area contributed by atoms with Crippen LogP contribution in [-0.4, -0.2) is 47.0 Å². The first-order valence-electron chi connectivity index (χ1n) is 9.15. The molecule has 0 aliphatic carbocycles. The van der Waals surface area contributed by atoms with E-state index in [1.165, 1.54) is 10.4 Å². The summed E-state index contributed by atoms with van der Waals surface area (Å²) in [5.41, 5.74) is 1.20. The molecule has 3 heterocycles. The lowest BCUT2D eigenvalue weighted by atomic mass is 10.1. The van der Waals surface area contributed by atoms with Crippen LogP contribution in [0.15, 0.2) is 54.7 Å². The van der Waals surface area contributed by atoms with Gasteiger partial charge in [-0.1, -0.05) is 30.3 Å². The second kappa shape index (κ2) is 7.88. The molecule has 1 amide bonds. The number of rotatable bonds is 4. The predicted octanol–water partition coefficient (Wildman–Crippen LogP) is 3.40. The van der Waals surface area contributed by atoms with E-state index in [1.807, 2.05) is 54.4 Å². The van der Waals surface area contributed by atoms with E-state index in [0.717, 1.165) is 36.0 Å². The van der Waals surface area contributed by atoms with E-state index in [9.17, 15) is 4.79 Å². The molecule has 1 aromatic carbocycles. The highest BCUT2D eigenvalue weighted by Gasteiger charge is 2.23. The first-order valence-corrected chi connectivity index (χ1v) is 9.97. The molecule has 138 valence electrons. The molecule has 1 fully saturated rings. The van der Waals surface area contributed by atoms with Gasteiger partial charge in [0.1, 0.15) is 11.6 Å². The van der Waals surface area contributed by atoms with Crippen molar-refractivity contribution in [3.8, 4) is 0 Å². The van der Waals surface area contributed by atoms with Crippen LogP contribution in [0.3, 0.4) is 0 Å². The first-order chi connectivity index (χ1) is 13.2. The lowest BCUT2D eigenvalue weighted by Crippen LogP contribution is -2.49. The lowest BCUT2D eigenvalue weighted by Gasteiger charge is -2.35. The molecule has 3 aromatic rings. The highest BCUT2D eigenvalue weighted by atomic mass is 32.1. The second-order valence-corrected chi connectivity index (χ2v) is 7.97. The summed E-state index contributed by atoms with van der Waals surface area (Å²) < 4.78 is 0. The van der Waals surface area contributed by atoms with E-state index in [1.54, 1.807) is 11.3 Å². The van der Waals surface area contributed by atoms with Crippen molar-refractivity contribution in [1.82, 2.24) is 14.9 Å². The molecule has 1 aliphatic rings. The number of carbonyl (C=O) groups is 1. The number of thiophene rings is 1. The number of benzene rings is 1. The Balaban J connectivity index is 1.39. The van der Waals surface area contributed by atoms with Crippen molar-refractivity contribution in [2.24, 2.45) is 0 Å². The molecule has 1 aliphatic heterocycles. The fourth-order valence-corrected chi connectivity index (χ4v) is 4.11. The van der Waals surface area contributed by atoms with Crippen molar-refractivity contribution >= 4 is 23.1 Å². The Hall–Kier alpha value is -2.73. The molecule has 0 unspecified atom stereocenters. The van der Waals surface area contributed by atoms with Gasteiger partial charge in [-0.3, -0.25) is 4.79 Å². The quantitative estimate of drug-likeness (QED) is 0.698. The summed E-state index contributed by atoms with van der Waals surface area (Å²) in [6.07, 6.45) is 2.55. The second-order valence-electron chi connectivity index (χ2n) is 6.68. The minimum atomic E-state index is 0.139. The number of aromatic nitrogens is 2. The summed E-state index contributed by atoms with van der Waals surface area (Å²) in [5.74, 6) is 1.90. The van der Waals surface area contributed by atoms with Crippen LogP contribution in [0.1, 0.15) is 25.9 Å². The molecule has 4 rings (SSSR count). The molecular formula is C21H22N4OS. The van der Waals surface area contributed by atoms with Gasteiger partial charge in [-0.25, -0.2) is 9.97 Å². The minimum absolute atomic E-state index is 0.139. The van der Waals surface area contributed by atoms with Crippen LogP contribution in [0.5, 0.6) is 0 Å². The number of anilines is 1. The number of amides is 1. The standard InChI is InChI=1S/C21H22N4OS/c1-16-7-8-18(27-16)21(26)25-13-11-24(12-14-25)20-9-10-22-19(23-20)15-17-5-3-2-4-6-17/h2-10H,11-15H2,1H3. The Bertz CT molecular complexity index is 917. The molecule has 5 nitrogen and oxygen atoms in total. The van der Waals surface area contributed by atoms with Gasteiger partial charge in [0.15, 0.2) is 0 Å². The van der Waals surface area contributed by atoms with Crippen molar-refractivity contribution in [2.75, 3.05) is 31.1 Å². The number of hydrogen-bond donors (Lipinski definition) is 0. The number of carbonyl (C=O) groups excluding carboxylic acids is 1. The van der Waals surface area contributed by atoms with Gasteiger partial charge in [0.2, 0.25) is 0 Å². The van der Waals surface area contributed by atoms with Crippen molar-refractivity contribution in [3.05, 3.63) is 75.9 Å². The molecular weight excluding hydrogens is 356 g/mol. The van der Waals surface area contributed by atoms with E-state index in [4.69, 9.17) is 4.98 Å². The molecule has 27 heavy (non-hydrogen) atoms. The number of nitrogens with zero attached hydrogens (tertiary/aromatic N) is 4. The maximum Gasteiger partial charge on any atom is 0.264 e. The monoisotopic (exact) mass is 378 g/mol. The van der Waals surface area contributed by atoms with Gasteiger partial charge >= 0.3 is 0 Å². The third kappa shape index (κ3) is 4.17. The molecule has 0 atom stereocenters. The van der Waals surface area contributed by atoms with Gasteiger partial charge in [0.05, 0.1) is 4.88 Å². The third-order valence-corrected chi connectivity index (χ3v) is 5.73. The average Bonchev–Trinajstić information content (AvgIpc) is 3.15. The highest BCUT2D eigenvalue weighted by Crippen LogP contribution is 2.20. The van der Waals surface area contributed by atoms with Crippen LogP contribution in [0.4, 0.5) is 5.82 Å². The Morgan fingerprint density at radius 1 is 1.04 bits per heavy atom. The van der Waals surface area contributed by atoms with Crippen molar-refractivity contribution in [1.29, 1.82) is 0 Å². The van der Waals surface area contributed by atoms with Crippen molar-refractivity contribution < 1.29 is 4.79 Å². The van der Waals surface area contributed by atoms with Gasteiger partial charge in [-0.2, -0.15) is 0 Å². The van der Waals surface area contributed by atoms with Crippen LogP contribution >= 0.6 is 11.3 Å². The summed E-state index contributed by atoms with van der Waals surface area (Å²) in [4.78, 5) is 27.9. The average molecular weight is 379 g/mol. The van der Waals surface area contributed by atoms with Gasteiger partial charge in [-0.15, -0.1) is 11.3 Å². The summed E-state index contributed by atoms with van der Waals surface area (Å²) in [7, 11) is 0. The van der Waals surface area contributed by atoms with E-state index >= 15 is 0 Å². The minimum Gasteiger partial charge on any atom is -0.353 e. The smallest absolute Gasteiger partial charge is 0.264 e. The molecule has 0 saturated carbocycles. The largest absolute Gasteiger partial charge is 0.353 e. The molecule has 0 bridgehead atoms. The molecule has 0 radical (unpaired) electrons. The van der Waals surface area contributed by atoms with Crippen LogP contribution in [0.25, 0.3) is 0 Å². The van der Waals surface area contributed by atoms with Crippen LogP contribution in [-0.2, 0) is 6.42 Å². The van der Waals surface area contributed by atoms with E-state index in [0.29, 0.717) is 13.1 Å². The van der Waals surface area contributed by atoms with E-state index in [2.05, 4.69) is 22.0 Å². The molecule has 2 aromatic heterocycles. The van der Waals surface area contributed by atoms with Crippen molar-refractivity contribution in [3.63, 3.8) is 0 Å². The molecule has 0 N–H and O–H groups in total. The molecule has 6 heteroatoms. The van der Waals surface area contributed by atoms with Crippen LogP contribution in [0, 0.1) is 6.92 Å². The molecule has 0 spiro atoms. The Kier molecular flexibility index (Phi) is 5.16. The predicted molar refractivity (Wildman–Crippen MR) is 108 cm³/mol. The zero-order valence-corrected chi connectivity index (χ0v) is 16.2. The van der Waals surface area contributed by atoms with E-state index < -0.39 is 0 Å². The normalized spacial score (nSPS) is 14.4. The number of hydrogen-bond acceptors (Lipinski definition) is 5. The van der Waals surface area contributed by atoms with Gasteiger partial charge in [0.25, 0.3) is 5.91 Å². The van der Waals surface area contributed by atoms with Crippen LogP contribution < -0.4 is 4.90 Å². The zero-order chi connectivity index (χ0) is 18.6. The highest BCUT2D eigenvalue weighted by molar-refractivity contribution is 7.13. The van der Waals surface area contributed by atoms with E-state index in [-0.39, 0.29) is 5.91 Å². The number of piperazine rings is 1. The Labute approximate surface area is 163 Å². The topological polar surface area (TPSA) is 49.3 Å². The lowest BCUT2D eigenvalue weighted by molar-refractivity contribution is 0.0751.